The Balaban J connectivity index is 2.29. The zero-order valence-electron chi connectivity index (χ0n) is 9.45. The van der Waals surface area contributed by atoms with Gasteiger partial charge >= 0.3 is 0 Å². The maximum absolute atomic E-state index is 11.7. The third kappa shape index (κ3) is 2.74. The molecule has 0 saturated heterocycles. The molecular formula is C11H12ClN3OS. The Bertz CT molecular complexity index is 574. The van der Waals surface area contributed by atoms with E-state index < -0.39 is 5.54 Å². The number of fused-ring (bicyclic) bond motifs is 1. The minimum atomic E-state index is -0.921. The maximum atomic E-state index is 11.7. The number of nitrogens with one attached hydrogen (secondary N) is 1. The van der Waals surface area contributed by atoms with Crippen LogP contribution in [0, 0.1) is 0 Å². The van der Waals surface area contributed by atoms with E-state index in [1.165, 1.54) is 11.3 Å². The fraction of sp³-hybridized carbons (Fsp3) is 0.273. The Kier molecular flexibility index (Phi) is 3.07. The van der Waals surface area contributed by atoms with Crippen molar-refractivity contribution >= 4 is 44.2 Å². The number of rotatable bonds is 2. The van der Waals surface area contributed by atoms with Gasteiger partial charge in [0.25, 0.3) is 0 Å². The van der Waals surface area contributed by atoms with E-state index in [1.807, 2.05) is 12.1 Å². The molecule has 6 heteroatoms. The molecule has 2 rings (SSSR count). The van der Waals surface area contributed by atoms with Crippen LogP contribution in [0.25, 0.3) is 10.2 Å². The molecule has 1 amide bonds. The number of aromatic nitrogens is 1. The van der Waals surface area contributed by atoms with Gasteiger partial charge < -0.3 is 11.1 Å². The van der Waals surface area contributed by atoms with Crippen LogP contribution in [0.3, 0.4) is 0 Å². The molecule has 1 heterocycles. The summed E-state index contributed by atoms with van der Waals surface area (Å²) < 4.78 is 0.933. The lowest BCUT2D eigenvalue weighted by Crippen LogP contribution is -2.45. The summed E-state index contributed by atoms with van der Waals surface area (Å²) in [7, 11) is 0. The van der Waals surface area contributed by atoms with Gasteiger partial charge in [-0.15, -0.1) is 0 Å². The number of carbonyl (C=O) groups excluding carboxylic acids is 1. The Morgan fingerprint density at radius 2 is 2.24 bits per heavy atom. The third-order valence-electron chi connectivity index (χ3n) is 2.16. The summed E-state index contributed by atoms with van der Waals surface area (Å²) in [4.78, 5) is 16.0. The first kappa shape index (κ1) is 12.3. The van der Waals surface area contributed by atoms with Crippen LogP contribution in [0.1, 0.15) is 13.8 Å². The molecule has 4 nitrogen and oxygen atoms in total. The van der Waals surface area contributed by atoms with Crippen LogP contribution in [0.4, 0.5) is 5.13 Å². The van der Waals surface area contributed by atoms with Gasteiger partial charge in [-0.1, -0.05) is 22.9 Å². The highest BCUT2D eigenvalue weighted by molar-refractivity contribution is 7.22. The number of benzene rings is 1. The van der Waals surface area contributed by atoms with E-state index in [0.29, 0.717) is 10.2 Å². The SMILES string of the molecule is CC(C)(N)C(=O)Nc1nc2ccc(Cl)cc2s1. The lowest BCUT2D eigenvalue weighted by Gasteiger charge is -2.15. The lowest BCUT2D eigenvalue weighted by atomic mass is 10.1. The minimum Gasteiger partial charge on any atom is -0.318 e. The van der Waals surface area contributed by atoms with Gasteiger partial charge in [0.05, 0.1) is 15.8 Å². The summed E-state index contributed by atoms with van der Waals surface area (Å²) in [5, 5.41) is 3.88. The first-order valence-corrected chi connectivity index (χ1v) is 6.22. The minimum absolute atomic E-state index is 0.261. The van der Waals surface area contributed by atoms with E-state index in [4.69, 9.17) is 17.3 Å². The summed E-state index contributed by atoms with van der Waals surface area (Å²) >= 11 is 7.25. The molecule has 1 aromatic heterocycles. The summed E-state index contributed by atoms with van der Waals surface area (Å²) in [6.45, 7) is 3.29. The van der Waals surface area contributed by atoms with Crippen molar-refractivity contribution < 1.29 is 4.79 Å². The van der Waals surface area contributed by atoms with Gasteiger partial charge in [-0.3, -0.25) is 4.79 Å². The molecule has 0 aliphatic carbocycles. The second-order valence-corrected chi connectivity index (χ2v) is 5.77. The molecule has 90 valence electrons. The number of hydrogen-bond acceptors (Lipinski definition) is 4. The molecule has 0 fully saturated rings. The van der Waals surface area contributed by atoms with E-state index >= 15 is 0 Å². The third-order valence-corrected chi connectivity index (χ3v) is 3.32. The van der Waals surface area contributed by atoms with Gasteiger partial charge in [-0.25, -0.2) is 4.98 Å². The van der Waals surface area contributed by atoms with Crippen molar-refractivity contribution in [1.82, 2.24) is 4.98 Å². The first-order chi connectivity index (χ1) is 7.86. The van der Waals surface area contributed by atoms with Crippen molar-refractivity contribution in [2.24, 2.45) is 5.73 Å². The number of carbonyl (C=O) groups is 1. The fourth-order valence-corrected chi connectivity index (χ4v) is 2.35. The summed E-state index contributed by atoms with van der Waals surface area (Å²) in [6, 6.07) is 5.40. The van der Waals surface area contributed by atoms with Gasteiger partial charge in [0.2, 0.25) is 5.91 Å². The fourth-order valence-electron chi connectivity index (χ4n) is 1.21. The van der Waals surface area contributed by atoms with Crippen LogP contribution in [0.5, 0.6) is 0 Å². The molecule has 3 N–H and O–H groups in total. The first-order valence-electron chi connectivity index (χ1n) is 5.03. The van der Waals surface area contributed by atoms with E-state index in [1.54, 1.807) is 19.9 Å². The van der Waals surface area contributed by atoms with Crippen molar-refractivity contribution in [1.29, 1.82) is 0 Å². The topological polar surface area (TPSA) is 68.0 Å². The average molecular weight is 270 g/mol. The predicted octanol–water partition coefficient (Wildman–Crippen LogP) is 2.63. The normalized spacial score (nSPS) is 11.8. The van der Waals surface area contributed by atoms with E-state index in [9.17, 15) is 4.79 Å². The predicted molar refractivity (Wildman–Crippen MR) is 71.5 cm³/mol. The maximum Gasteiger partial charge on any atom is 0.245 e. The number of hydrogen-bond donors (Lipinski definition) is 2. The van der Waals surface area contributed by atoms with Gasteiger partial charge in [-0.2, -0.15) is 0 Å². The van der Waals surface area contributed by atoms with Gasteiger partial charge in [0.1, 0.15) is 0 Å². The summed E-state index contributed by atoms with van der Waals surface area (Å²) in [6.07, 6.45) is 0. The molecule has 0 aliphatic rings. The quantitative estimate of drug-likeness (QED) is 0.881. The van der Waals surface area contributed by atoms with Gasteiger partial charge in [0, 0.05) is 5.02 Å². The van der Waals surface area contributed by atoms with Crippen LogP contribution in [0.2, 0.25) is 5.02 Å². The van der Waals surface area contributed by atoms with Crippen molar-refractivity contribution in [3.63, 3.8) is 0 Å². The average Bonchev–Trinajstić information content (AvgIpc) is 2.57. The number of thiazole rings is 1. The van der Waals surface area contributed by atoms with E-state index in [-0.39, 0.29) is 5.91 Å². The standard InChI is InChI=1S/C11H12ClN3OS/c1-11(2,13)9(16)15-10-14-7-4-3-6(12)5-8(7)17-10/h3-5H,13H2,1-2H3,(H,14,15,16). The zero-order valence-corrected chi connectivity index (χ0v) is 11.0. The van der Waals surface area contributed by atoms with Crippen LogP contribution >= 0.6 is 22.9 Å². The molecule has 0 radical (unpaired) electrons. The monoisotopic (exact) mass is 269 g/mol. The Morgan fingerprint density at radius 3 is 2.88 bits per heavy atom. The van der Waals surface area contributed by atoms with Crippen molar-refractivity contribution in [2.75, 3.05) is 5.32 Å². The highest BCUT2D eigenvalue weighted by Crippen LogP contribution is 2.28. The Hall–Kier alpha value is -1.17. The molecule has 0 unspecified atom stereocenters. The second kappa shape index (κ2) is 4.25. The van der Waals surface area contributed by atoms with E-state index in [0.717, 1.165) is 10.2 Å². The Labute approximate surface area is 108 Å². The highest BCUT2D eigenvalue weighted by atomic mass is 35.5. The molecular weight excluding hydrogens is 258 g/mol. The lowest BCUT2D eigenvalue weighted by molar-refractivity contribution is -0.120. The number of halogens is 1. The van der Waals surface area contributed by atoms with Crippen LogP contribution in [-0.4, -0.2) is 16.4 Å². The number of nitrogens with zero attached hydrogens (tertiary/aromatic N) is 1. The molecule has 1 aromatic carbocycles. The largest absolute Gasteiger partial charge is 0.318 e. The van der Waals surface area contributed by atoms with E-state index in [2.05, 4.69) is 10.3 Å². The van der Waals surface area contributed by atoms with Gasteiger partial charge in [0.15, 0.2) is 5.13 Å². The van der Waals surface area contributed by atoms with Crippen LogP contribution in [-0.2, 0) is 4.79 Å². The zero-order chi connectivity index (χ0) is 12.6. The molecule has 0 bridgehead atoms. The van der Waals surface area contributed by atoms with Gasteiger partial charge in [-0.05, 0) is 32.0 Å². The summed E-state index contributed by atoms with van der Waals surface area (Å²) in [5.74, 6) is -0.261. The molecule has 2 aromatic rings. The second-order valence-electron chi connectivity index (χ2n) is 4.31. The van der Waals surface area contributed by atoms with Crippen molar-refractivity contribution in [3.8, 4) is 0 Å². The van der Waals surface area contributed by atoms with Crippen LogP contribution in [0.15, 0.2) is 18.2 Å². The Morgan fingerprint density at radius 1 is 1.53 bits per heavy atom. The van der Waals surface area contributed by atoms with Crippen molar-refractivity contribution in [2.45, 2.75) is 19.4 Å². The molecule has 0 aliphatic heterocycles. The molecule has 0 atom stereocenters. The van der Waals surface area contributed by atoms with Crippen molar-refractivity contribution in [3.05, 3.63) is 23.2 Å². The molecule has 0 spiro atoms. The smallest absolute Gasteiger partial charge is 0.245 e. The molecule has 0 saturated carbocycles. The van der Waals surface area contributed by atoms with Crippen LogP contribution < -0.4 is 11.1 Å². The number of amides is 1. The highest BCUT2D eigenvalue weighted by Gasteiger charge is 2.22. The number of anilines is 1. The number of nitrogens with two attached hydrogens (primary N) is 1. The summed E-state index contributed by atoms with van der Waals surface area (Å²) in [5.41, 5.74) is 5.58. The molecule has 17 heavy (non-hydrogen) atoms.